The van der Waals surface area contributed by atoms with E-state index in [2.05, 4.69) is 33.6 Å². The predicted octanol–water partition coefficient (Wildman–Crippen LogP) is 1.55. The molecule has 6 heteroatoms. The Morgan fingerprint density at radius 1 is 1.17 bits per heavy atom. The lowest BCUT2D eigenvalue weighted by atomic mass is 10.2. The van der Waals surface area contributed by atoms with Gasteiger partial charge in [0.1, 0.15) is 0 Å². The maximum atomic E-state index is 6.04. The SMILES string of the molecule is Cc1nc(Cl)nc(N2CCN(C(C)C)CC2)c1N. The summed E-state index contributed by atoms with van der Waals surface area (Å²) in [6.07, 6.45) is 0. The quantitative estimate of drug-likeness (QED) is 0.826. The molecule has 1 aliphatic rings. The van der Waals surface area contributed by atoms with E-state index in [0.717, 1.165) is 37.7 Å². The molecule has 0 amide bonds. The molecule has 0 bridgehead atoms. The van der Waals surface area contributed by atoms with Crippen LogP contribution in [0.15, 0.2) is 0 Å². The molecular formula is C12H20ClN5. The molecule has 100 valence electrons. The largest absolute Gasteiger partial charge is 0.394 e. The number of halogens is 1. The maximum Gasteiger partial charge on any atom is 0.224 e. The van der Waals surface area contributed by atoms with E-state index < -0.39 is 0 Å². The van der Waals surface area contributed by atoms with E-state index in [1.165, 1.54) is 0 Å². The number of nitrogens with two attached hydrogens (primary N) is 1. The molecule has 0 radical (unpaired) electrons. The van der Waals surface area contributed by atoms with E-state index in [9.17, 15) is 0 Å². The van der Waals surface area contributed by atoms with Crippen LogP contribution in [0.1, 0.15) is 19.5 Å². The Bertz CT molecular complexity index is 427. The van der Waals surface area contributed by atoms with Gasteiger partial charge in [0, 0.05) is 32.2 Å². The second-order valence-corrected chi connectivity index (χ2v) is 5.27. The molecule has 5 nitrogen and oxygen atoms in total. The first kappa shape index (κ1) is 13.4. The van der Waals surface area contributed by atoms with E-state index in [-0.39, 0.29) is 5.28 Å². The number of anilines is 2. The molecule has 0 unspecified atom stereocenters. The van der Waals surface area contributed by atoms with Gasteiger partial charge in [-0.2, -0.15) is 4.98 Å². The average molecular weight is 270 g/mol. The Morgan fingerprint density at radius 3 is 2.33 bits per heavy atom. The smallest absolute Gasteiger partial charge is 0.224 e. The maximum absolute atomic E-state index is 6.04. The molecule has 0 aliphatic carbocycles. The van der Waals surface area contributed by atoms with Crippen molar-refractivity contribution in [3.63, 3.8) is 0 Å². The van der Waals surface area contributed by atoms with Gasteiger partial charge in [-0.25, -0.2) is 4.98 Å². The molecule has 1 aliphatic heterocycles. The summed E-state index contributed by atoms with van der Waals surface area (Å²) in [7, 11) is 0. The Labute approximate surface area is 113 Å². The predicted molar refractivity (Wildman–Crippen MR) is 75.1 cm³/mol. The summed E-state index contributed by atoms with van der Waals surface area (Å²) in [6.45, 7) is 10.2. The molecule has 0 atom stereocenters. The van der Waals surface area contributed by atoms with Gasteiger partial charge in [0.05, 0.1) is 11.4 Å². The highest BCUT2D eigenvalue weighted by Crippen LogP contribution is 2.25. The fraction of sp³-hybridized carbons (Fsp3) is 0.667. The summed E-state index contributed by atoms with van der Waals surface area (Å²) in [5.74, 6) is 0.774. The van der Waals surface area contributed by atoms with Crippen molar-refractivity contribution in [2.45, 2.75) is 26.8 Å². The second-order valence-electron chi connectivity index (χ2n) is 4.93. The molecule has 1 saturated heterocycles. The molecule has 2 N–H and O–H groups in total. The van der Waals surface area contributed by atoms with E-state index in [1.807, 2.05) is 6.92 Å². The molecule has 0 spiro atoms. The lowest BCUT2D eigenvalue weighted by Crippen LogP contribution is -2.49. The lowest BCUT2D eigenvalue weighted by Gasteiger charge is -2.37. The average Bonchev–Trinajstić information content (AvgIpc) is 2.34. The van der Waals surface area contributed by atoms with Gasteiger partial charge in [-0.3, -0.25) is 4.90 Å². The van der Waals surface area contributed by atoms with Crippen LogP contribution in [0.4, 0.5) is 11.5 Å². The van der Waals surface area contributed by atoms with Crippen LogP contribution in [0.2, 0.25) is 5.28 Å². The number of hydrogen-bond donors (Lipinski definition) is 1. The molecule has 2 rings (SSSR count). The van der Waals surface area contributed by atoms with Crippen molar-refractivity contribution in [2.24, 2.45) is 0 Å². The van der Waals surface area contributed by atoms with Crippen molar-refractivity contribution in [2.75, 3.05) is 36.8 Å². The first-order chi connectivity index (χ1) is 8.49. The van der Waals surface area contributed by atoms with Gasteiger partial charge in [-0.15, -0.1) is 0 Å². The molecule has 18 heavy (non-hydrogen) atoms. The molecule has 2 heterocycles. The minimum Gasteiger partial charge on any atom is -0.394 e. The number of aryl methyl sites for hydroxylation is 1. The highest BCUT2D eigenvalue weighted by molar-refractivity contribution is 6.28. The minimum atomic E-state index is 0.267. The van der Waals surface area contributed by atoms with Crippen LogP contribution in [0.3, 0.4) is 0 Å². The molecule has 1 aromatic rings. The standard InChI is InChI=1S/C12H20ClN5/c1-8(2)17-4-6-18(7-5-17)11-10(14)9(3)15-12(13)16-11/h8H,4-7,14H2,1-3H3. The van der Waals surface area contributed by atoms with Crippen molar-refractivity contribution >= 4 is 23.1 Å². The summed E-state index contributed by atoms with van der Waals surface area (Å²) in [4.78, 5) is 13.0. The third kappa shape index (κ3) is 2.67. The van der Waals surface area contributed by atoms with Crippen LogP contribution in [-0.4, -0.2) is 47.1 Å². The first-order valence-electron chi connectivity index (χ1n) is 6.27. The van der Waals surface area contributed by atoms with Crippen molar-refractivity contribution < 1.29 is 0 Å². The highest BCUT2D eigenvalue weighted by atomic mass is 35.5. The summed E-state index contributed by atoms with van der Waals surface area (Å²) in [5, 5.41) is 0.267. The van der Waals surface area contributed by atoms with Gasteiger partial charge in [0.25, 0.3) is 0 Å². The zero-order valence-electron chi connectivity index (χ0n) is 11.1. The monoisotopic (exact) mass is 269 g/mol. The van der Waals surface area contributed by atoms with Gasteiger partial charge in [-0.1, -0.05) is 0 Å². The summed E-state index contributed by atoms with van der Waals surface area (Å²) in [5.41, 5.74) is 7.42. The normalized spacial score (nSPS) is 17.5. The number of nitrogens with zero attached hydrogens (tertiary/aromatic N) is 4. The molecule has 1 aromatic heterocycles. The number of hydrogen-bond acceptors (Lipinski definition) is 5. The van der Waals surface area contributed by atoms with Crippen LogP contribution < -0.4 is 10.6 Å². The van der Waals surface area contributed by atoms with E-state index in [1.54, 1.807) is 0 Å². The van der Waals surface area contributed by atoms with E-state index >= 15 is 0 Å². The number of aromatic nitrogens is 2. The van der Waals surface area contributed by atoms with Crippen LogP contribution in [0.5, 0.6) is 0 Å². The zero-order chi connectivity index (χ0) is 13.3. The third-order valence-corrected chi connectivity index (χ3v) is 3.60. The number of piperazine rings is 1. The summed E-state index contributed by atoms with van der Waals surface area (Å²) >= 11 is 5.91. The molecule has 1 fully saturated rings. The minimum absolute atomic E-state index is 0.267. The summed E-state index contributed by atoms with van der Waals surface area (Å²) in [6, 6.07) is 0.584. The topological polar surface area (TPSA) is 58.3 Å². The van der Waals surface area contributed by atoms with E-state index in [4.69, 9.17) is 17.3 Å². The molecule has 0 saturated carbocycles. The van der Waals surface area contributed by atoms with Crippen LogP contribution >= 0.6 is 11.6 Å². The first-order valence-corrected chi connectivity index (χ1v) is 6.65. The highest BCUT2D eigenvalue weighted by Gasteiger charge is 2.22. The van der Waals surface area contributed by atoms with Gasteiger partial charge in [0.15, 0.2) is 5.82 Å². The van der Waals surface area contributed by atoms with Crippen LogP contribution in [0, 0.1) is 6.92 Å². The Kier molecular flexibility index (Phi) is 3.92. The van der Waals surface area contributed by atoms with Gasteiger partial charge in [-0.05, 0) is 32.4 Å². The Morgan fingerprint density at radius 2 is 1.78 bits per heavy atom. The second kappa shape index (κ2) is 5.28. The number of nitrogen functional groups attached to an aromatic ring is 1. The van der Waals surface area contributed by atoms with Gasteiger partial charge < -0.3 is 10.6 Å². The van der Waals surface area contributed by atoms with Crippen molar-refractivity contribution in [1.29, 1.82) is 0 Å². The molecular weight excluding hydrogens is 250 g/mol. The van der Waals surface area contributed by atoms with Crippen molar-refractivity contribution in [1.82, 2.24) is 14.9 Å². The number of rotatable bonds is 2. The lowest BCUT2D eigenvalue weighted by molar-refractivity contribution is 0.209. The van der Waals surface area contributed by atoms with Gasteiger partial charge in [0.2, 0.25) is 5.28 Å². The Balaban J connectivity index is 2.15. The Hall–Kier alpha value is -1.07. The third-order valence-electron chi connectivity index (χ3n) is 3.43. The van der Waals surface area contributed by atoms with Crippen molar-refractivity contribution in [3.05, 3.63) is 11.0 Å². The molecule has 0 aromatic carbocycles. The fourth-order valence-electron chi connectivity index (χ4n) is 2.22. The van der Waals surface area contributed by atoms with Crippen LogP contribution in [-0.2, 0) is 0 Å². The van der Waals surface area contributed by atoms with Crippen molar-refractivity contribution in [3.8, 4) is 0 Å². The van der Waals surface area contributed by atoms with Crippen LogP contribution in [0.25, 0.3) is 0 Å². The zero-order valence-corrected chi connectivity index (χ0v) is 11.9. The summed E-state index contributed by atoms with van der Waals surface area (Å²) < 4.78 is 0. The van der Waals surface area contributed by atoms with Gasteiger partial charge >= 0.3 is 0 Å². The fourth-order valence-corrected chi connectivity index (χ4v) is 2.43. The van der Waals surface area contributed by atoms with E-state index in [0.29, 0.717) is 11.7 Å².